The van der Waals surface area contributed by atoms with Crippen molar-refractivity contribution < 1.29 is 9.59 Å². The van der Waals surface area contributed by atoms with Crippen LogP contribution in [0.2, 0.25) is 0 Å². The Morgan fingerprint density at radius 1 is 1.00 bits per heavy atom. The highest BCUT2D eigenvalue weighted by Crippen LogP contribution is 2.22. The Hall–Kier alpha value is -3.08. The lowest BCUT2D eigenvalue weighted by Gasteiger charge is -2.33. The van der Waals surface area contributed by atoms with Crippen LogP contribution in [0.5, 0.6) is 0 Å². The molecule has 2 aromatic carbocycles. The summed E-state index contributed by atoms with van der Waals surface area (Å²) in [6.07, 6.45) is 1.46. The van der Waals surface area contributed by atoms with E-state index in [0.717, 1.165) is 30.5 Å². The fourth-order valence-electron chi connectivity index (χ4n) is 4.53. The van der Waals surface area contributed by atoms with Gasteiger partial charge in [0, 0.05) is 55.9 Å². The highest BCUT2D eigenvalue weighted by atomic mass is 16.2. The molecule has 0 unspecified atom stereocenters. The lowest BCUT2D eigenvalue weighted by atomic mass is 9.95. The summed E-state index contributed by atoms with van der Waals surface area (Å²) in [6, 6.07) is 18.3. The zero-order chi connectivity index (χ0) is 22.0. The maximum Gasteiger partial charge on any atom is 0.253 e. The maximum absolute atomic E-state index is 13.0. The second kappa shape index (κ2) is 8.96. The summed E-state index contributed by atoms with van der Waals surface area (Å²) in [4.78, 5) is 29.5. The van der Waals surface area contributed by atoms with Crippen molar-refractivity contribution in [3.05, 3.63) is 71.4 Å². The quantitative estimate of drug-likeness (QED) is 0.622. The topological polar surface area (TPSA) is 45.6 Å². The first-order chi connectivity index (χ1) is 14.9. The van der Waals surface area contributed by atoms with Gasteiger partial charge in [0.15, 0.2) is 0 Å². The maximum atomic E-state index is 13.0. The molecule has 31 heavy (non-hydrogen) atoms. The Balaban J connectivity index is 1.31. The molecule has 1 saturated heterocycles. The fraction of sp³-hybridized carbons (Fsp3) is 0.385. The summed E-state index contributed by atoms with van der Waals surface area (Å²) in [7, 11) is 1.90. The van der Waals surface area contributed by atoms with Gasteiger partial charge in [0.2, 0.25) is 5.91 Å². The average molecular weight is 418 g/mol. The molecule has 0 spiro atoms. The van der Waals surface area contributed by atoms with Crippen LogP contribution in [0.4, 0.5) is 0 Å². The smallest absolute Gasteiger partial charge is 0.253 e. The zero-order valence-corrected chi connectivity index (χ0v) is 18.7. The molecule has 0 radical (unpaired) electrons. The van der Waals surface area contributed by atoms with Gasteiger partial charge in [-0.05, 0) is 56.3 Å². The van der Waals surface area contributed by atoms with Gasteiger partial charge in [0.25, 0.3) is 5.91 Å². The molecule has 162 valence electrons. The molecule has 0 aliphatic carbocycles. The summed E-state index contributed by atoms with van der Waals surface area (Å²) in [5.74, 6) is 0.250. The summed E-state index contributed by atoms with van der Waals surface area (Å²) >= 11 is 0. The first-order valence-corrected chi connectivity index (χ1v) is 11.1. The molecule has 2 heterocycles. The van der Waals surface area contributed by atoms with Crippen molar-refractivity contribution in [2.45, 2.75) is 33.2 Å². The summed E-state index contributed by atoms with van der Waals surface area (Å²) in [6.45, 7) is 6.87. The summed E-state index contributed by atoms with van der Waals surface area (Å²) < 4.78 is 2.28. The lowest BCUT2D eigenvalue weighted by Crippen LogP contribution is -2.44. The number of hydrogen-bond donors (Lipinski definition) is 0. The monoisotopic (exact) mass is 417 g/mol. The Labute approximate surface area is 184 Å². The second-order valence-corrected chi connectivity index (χ2v) is 8.69. The van der Waals surface area contributed by atoms with Crippen molar-refractivity contribution in [1.29, 1.82) is 0 Å². The predicted octanol–water partition coefficient (Wildman–Crippen LogP) is 4.27. The van der Waals surface area contributed by atoms with E-state index in [1.807, 2.05) is 48.0 Å². The zero-order valence-electron chi connectivity index (χ0n) is 18.7. The molecule has 4 rings (SSSR count). The van der Waals surface area contributed by atoms with Crippen molar-refractivity contribution in [3.8, 4) is 0 Å². The fourth-order valence-corrected chi connectivity index (χ4v) is 4.53. The number of para-hydroxylation sites is 1. The van der Waals surface area contributed by atoms with Gasteiger partial charge in [0.05, 0.1) is 0 Å². The van der Waals surface area contributed by atoms with Crippen molar-refractivity contribution in [1.82, 2.24) is 14.4 Å². The Kier molecular flexibility index (Phi) is 6.12. The molecule has 3 aromatic rings. The average Bonchev–Trinajstić information content (AvgIpc) is 3.12. The number of rotatable bonds is 5. The SMILES string of the molecule is Cc1ccc(C(=O)N2CCC(C(=O)N(C)CCn3c(C)cc4ccccc43)CC2)cc1. The van der Waals surface area contributed by atoms with E-state index in [0.29, 0.717) is 19.6 Å². The van der Waals surface area contributed by atoms with Gasteiger partial charge in [-0.1, -0.05) is 35.9 Å². The number of aryl methyl sites for hydroxylation is 2. The molecule has 5 heteroatoms. The van der Waals surface area contributed by atoms with Crippen molar-refractivity contribution >= 4 is 22.7 Å². The van der Waals surface area contributed by atoms with E-state index in [2.05, 4.69) is 41.8 Å². The minimum atomic E-state index is -0.00503. The predicted molar refractivity (Wildman–Crippen MR) is 124 cm³/mol. The third kappa shape index (κ3) is 4.50. The van der Waals surface area contributed by atoms with Gasteiger partial charge in [-0.3, -0.25) is 9.59 Å². The Bertz CT molecular complexity index is 1080. The number of amides is 2. The first-order valence-electron chi connectivity index (χ1n) is 11.1. The number of hydrogen-bond acceptors (Lipinski definition) is 2. The van der Waals surface area contributed by atoms with Crippen LogP contribution >= 0.6 is 0 Å². The number of piperidine rings is 1. The van der Waals surface area contributed by atoms with Crippen LogP contribution in [-0.4, -0.2) is 52.9 Å². The minimum absolute atomic E-state index is 0.00503. The molecule has 0 atom stereocenters. The van der Waals surface area contributed by atoms with Gasteiger partial charge < -0.3 is 14.4 Å². The number of fused-ring (bicyclic) bond motifs is 1. The van der Waals surface area contributed by atoms with E-state index < -0.39 is 0 Å². The van der Waals surface area contributed by atoms with E-state index in [4.69, 9.17) is 0 Å². The molecule has 1 aromatic heterocycles. The number of aromatic nitrogens is 1. The number of nitrogens with zero attached hydrogens (tertiary/aromatic N) is 3. The standard InChI is InChI=1S/C26H31N3O2/c1-19-8-10-21(11-9-19)26(31)28-14-12-22(13-15-28)25(30)27(3)16-17-29-20(2)18-23-6-4-5-7-24(23)29/h4-11,18,22H,12-17H2,1-3H3. The Morgan fingerprint density at radius 2 is 1.68 bits per heavy atom. The summed E-state index contributed by atoms with van der Waals surface area (Å²) in [5.41, 5.74) is 4.29. The van der Waals surface area contributed by atoms with Gasteiger partial charge in [-0.2, -0.15) is 0 Å². The third-order valence-electron chi connectivity index (χ3n) is 6.48. The van der Waals surface area contributed by atoms with Crippen LogP contribution < -0.4 is 0 Å². The largest absolute Gasteiger partial charge is 0.344 e. The molecule has 0 N–H and O–H groups in total. The number of benzene rings is 2. The molecule has 2 amide bonds. The molecule has 1 aliphatic heterocycles. The Morgan fingerprint density at radius 3 is 2.39 bits per heavy atom. The van der Waals surface area contributed by atoms with E-state index in [1.54, 1.807) is 0 Å². The van der Waals surface area contributed by atoms with E-state index in [9.17, 15) is 9.59 Å². The van der Waals surface area contributed by atoms with Gasteiger partial charge in [-0.25, -0.2) is 0 Å². The second-order valence-electron chi connectivity index (χ2n) is 8.69. The highest BCUT2D eigenvalue weighted by Gasteiger charge is 2.29. The molecule has 1 aliphatic rings. The van der Waals surface area contributed by atoms with Crippen molar-refractivity contribution in [2.24, 2.45) is 5.92 Å². The normalized spacial score (nSPS) is 14.7. The highest BCUT2D eigenvalue weighted by molar-refractivity contribution is 5.94. The van der Waals surface area contributed by atoms with Crippen LogP contribution in [0.25, 0.3) is 10.9 Å². The van der Waals surface area contributed by atoms with Crippen LogP contribution in [0.1, 0.15) is 34.5 Å². The van der Waals surface area contributed by atoms with Crippen LogP contribution in [0, 0.1) is 19.8 Å². The van der Waals surface area contributed by atoms with E-state index in [1.165, 1.54) is 16.6 Å². The first kappa shape index (κ1) is 21.2. The van der Waals surface area contributed by atoms with Gasteiger partial charge >= 0.3 is 0 Å². The van der Waals surface area contributed by atoms with Crippen LogP contribution in [-0.2, 0) is 11.3 Å². The number of likely N-dealkylation sites (tertiary alicyclic amines) is 1. The van der Waals surface area contributed by atoms with Gasteiger partial charge in [0.1, 0.15) is 0 Å². The number of likely N-dealkylation sites (N-methyl/N-ethyl adjacent to an activating group) is 1. The van der Waals surface area contributed by atoms with E-state index >= 15 is 0 Å². The molecular formula is C26H31N3O2. The van der Waals surface area contributed by atoms with Gasteiger partial charge in [-0.15, -0.1) is 0 Å². The third-order valence-corrected chi connectivity index (χ3v) is 6.48. The molecular weight excluding hydrogens is 386 g/mol. The van der Waals surface area contributed by atoms with Crippen molar-refractivity contribution in [2.75, 3.05) is 26.7 Å². The van der Waals surface area contributed by atoms with Crippen LogP contribution in [0.3, 0.4) is 0 Å². The van der Waals surface area contributed by atoms with Crippen molar-refractivity contribution in [3.63, 3.8) is 0 Å². The van der Waals surface area contributed by atoms with Crippen LogP contribution in [0.15, 0.2) is 54.6 Å². The molecule has 0 saturated carbocycles. The summed E-state index contributed by atoms with van der Waals surface area (Å²) in [5, 5.41) is 1.24. The van der Waals surface area contributed by atoms with E-state index in [-0.39, 0.29) is 17.7 Å². The number of carbonyl (C=O) groups excluding carboxylic acids is 2. The lowest BCUT2D eigenvalue weighted by molar-refractivity contribution is -0.135. The number of carbonyl (C=O) groups is 2. The minimum Gasteiger partial charge on any atom is -0.344 e. The molecule has 1 fully saturated rings. The molecule has 0 bridgehead atoms. The molecule has 5 nitrogen and oxygen atoms in total.